The van der Waals surface area contributed by atoms with Crippen LogP contribution in [0.4, 0.5) is 11.4 Å². The van der Waals surface area contributed by atoms with Crippen LogP contribution in [0, 0.1) is 10.1 Å². The number of aliphatic hydroxyl groups excluding tert-OH is 1. The number of nitrogens with one attached hydrogen (secondary N) is 2. The monoisotopic (exact) mass is 389 g/mol. The molecule has 0 saturated carbocycles. The summed E-state index contributed by atoms with van der Waals surface area (Å²) in [5.41, 5.74) is 0.556. The van der Waals surface area contributed by atoms with E-state index in [0.29, 0.717) is 17.1 Å². The highest BCUT2D eigenvalue weighted by Gasteiger charge is 2.17. The summed E-state index contributed by atoms with van der Waals surface area (Å²) in [7, 11) is 2.94. The van der Waals surface area contributed by atoms with Crippen molar-refractivity contribution in [1.29, 1.82) is 0 Å². The van der Waals surface area contributed by atoms with Gasteiger partial charge in [0.05, 0.1) is 25.2 Å². The summed E-state index contributed by atoms with van der Waals surface area (Å²) in [5.74, 6) is -1.02. The number of carbonyl (C=O) groups excluding carboxylic acids is 2. The van der Waals surface area contributed by atoms with Crippen LogP contribution in [0.3, 0.4) is 0 Å². The Morgan fingerprint density at radius 2 is 1.71 bits per heavy atom. The third kappa shape index (κ3) is 5.17. The molecule has 1 atom stereocenters. The van der Waals surface area contributed by atoms with Gasteiger partial charge in [-0.15, -0.1) is 0 Å². The maximum absolute atomic E-state index is 11.9. The van der Waals surface area contributed by atoms with Gasteiger partial charge >= 0.3 is 11.8 Å². The Bertz CT molecular complexity index is 868. The minimum absolute atomic E-state index is 0.138. The highest BCUT2D eigenvalue weighted by atomic mass is 16.6. The van der Waals surface area contributed by atoms with Crippen molar-refractivity contribution in [2.45, 2.75) is 6.10 Å². The summed E-state index contributed by atoms with van der Waals surface area (Å²) < 4.78 is 10.3. The molecule has 2 aromatic rings. The third-order valence-electron chi connectivity index (χ3n) is 3.79. The van der Waals surface area contributed by atoms with E-state index in [1.165, 1.54) is 38.5 Å². The van der Waals surface area contributed by atoms with Gasteiger partial charge in [0.1, 0.15) is 0 Å². The number of nitro benzene ring substituents is 1. The molecule has 0 fully saturated rings. The number of ether oxygens (including phenoxy) is 2. The van der Waals surface area contributed by atoms with E-state index in [1.54, 1.807) is 18.2 Å². The van der Waals surface area contributed by atoms with E-state index >= 15 is 0 Å². The van der Waals surface area contributed by atoms with Gasteiger partial charge in [-0.05, 0) is 29.8 Å². The molecule has 1 unspecified atom stereocenters. The maximum atomic E-state index is 11.9. The van der Waals surface area contributed by atoms with Crippen molar-refractivity contribution in [3.8, 4) is 11.5 Å². The second-order valence-electron chi connectivity index (χ2n) is 5.60. The van der Waals surface area contributed by atoms with Crippen LogP contribution >= 0.6 is 0 Å². The van der Waals surface area contributed by atoms with Crippen LogP contribution < -0.4 is 20.1 Å². The summed E-state index contributed by atoms with van der Waals surface area (Å²) in [6.45, 7) is -0.206. The third-order valence-corrected chi connectivity index (χ3v) is 3.79. The van der Waals surface area contributed by atoms with Gasteiger partial charge in [0, 0.05) is 24.4 Å². The van der Waals surface area contributed by atoms with Crippen LogP contribution in [0.5, 0.6) is 11.5 Å². The molecular weight excluding hydrogens is 370 g/mol. The SMILES string of the molecule is COc1ccc(C(O)CNC(=O)C(=O)Nc2ccc([N+](=O)[O-])cc2)cc1OC. The number of anilines is 1. The van der Waals surface area contributed by atoms with Crippen molar-refractivity contribution in [3.63, 3.8) is 0 Å². The Morgan fingerprint density at radius 3 is 2.29 bits per heavy atom. The van der Waals surface area contributed by atoms with E-state index in [1.807, 2.05) is 0 Å². The summed E-state index contributed by atoms with van der Waals surface area (Å²) in [4.78, 5) is 33.8. The first-order valence-corrected chi connectivity index (χ1v) is 8.09. The van der Waals surface area contributed by atoms with Gasteiger partial charge in [-0.2, -0.15) is 0 Å². The molecule has 0 radical (unpaired) electrons. The first-order chi connectivity index (χ1) is 13.3. The molecule has 0 aliphatic rings. The van der Waals surface area contributed by atoms with Crippen molar-refractivity contribution < 1.29 is 29.1 Å². The highest BCUT2D eigenvalue weighted by Crippen LogP contribution is 2.29. The lowest BCUT2D eigenvalue weighted by atomic mass is 10.1. The molecule has 3 N–H and O–H groups in total. The quantitative estimate of drug-likeness (QED) is 0.369. The molecule has 0 spiro atoms. The zero-order chi connectivity index (χ0) is 20.7. The Labute approximate surface area is 160 Å². The molecule has 2 rings (SSSR count). The number of nitrogens with zero attached hydrogens (tertiary/aromatic N) is 1. The summed E-state index contributed by atoms with van der Waals surface area (Å²) in [6.07, 6.45) is -1.07. The molecule has 10 nitrogen and oxygen atoms in total. The number of rotatable bonds is 7. The number of hydrogen-bond acceptors (Lipinski definition) is 7. The van der Waals surface area contributed by atoms with Gasteiger partial charge in [0.2, 0.25) is 0 Å². The Morgan fingerprint density at radius 1 is 1.07 bits per heavy atom. The Kier molecular flexibility index (Phi) is 6.88. The van der Waals surface area contributed by atoms with Crippen molar-refractivity contribution in [1.82, 2.24) is 5.32 Å². The van der Waals surface area contributed by atoms with E-state index in [2.05, 4.69) is 10.6 Å². The van der Waals surface area contributed by atoms with E-state index in [9.17, 15) is 24.8 Å². The Hall–Kier alpha value is -3.66. The van der Waals surface area contributed by atoms with Gasteiger partial charge in [0.25, 0.3) is 5.69 Å². The lowest BCUT2D eigenvalue weighted by molar-refractivity contribution is -0.384. The topological polar surface area (TPSA) is 140 Å². The van der Waals surface area contributed by atoms with Gasteiger partial charge in [-0.25, -0.2) is 0 Å². The van der Waals surface area contributed by atoms with E-state index in [0.717, 1.165) is 0 Å². The summed E-state index contributed by atoms with van der Waals surface area (Å²) in [6, 6.07) is 9.80. The molecular formula is C18H19N3O7. The zero-order valence-electron chi connectivity index (χ0n) is 15.2. The van der Waals surface area contributed by atoms with Crippen molar-refractivity contribution in [3.05, 3.63) is 58.1 Å². The summed E-state index contributed by atoms with van der Waals surface area (Å²) in [5, 5.41) is 25.4. The fraction of sp³-hybridized carbons (Fsp3) is 0.222. The summed E-state index contributed by atoms with van der Waals surface area (Å²) >= 11 is 0. The molecule has 2 amide bonds. The van der Waals surface area contributed by atoms with Crippen molar-refractivity contribution in [2.24, 2.45) is 0 Å². The number of non-ortho nitro benzene ring substituents is 1. The molecule has 0 aliphatic carbocycles. The molecule has 0 heterocycles. The maximum Gasteiger partial charge on any atom is 0.313 e. The van der Waals surface area contributed by atoms with Gasteiger partial charge in [-0.3, -0.25) is 19.7 Å². The van der Waals surface area contributed by atoms with Crippen LogP contribution in [-0.2, 0) is 9.59 Å². The van der Waals surface area contributed by atoms with E-state index in [4.69, 9.17) is 9.47 Å². The first-order valence-electron chi connectivity index (χ1n) is 8.09. The van der Waals surface area contributed by atoms with Crippen LogP contribution in [0.2, 0.25) is 0 Å². The lowest BCUT2D eigenvalue weighted by Gasteiger charge is -2.15. The van der Waals surface area contributed by atoms with E-state index < -0.39 is 22.8 Å². The van der Waals surface area contributed by atoms with Crippen molar-refractivity contribution in [2.75, 3.05) is 26.1 Å². The van der Waals surface area contributed by atoms with E-state index in [-0.39, 0.29) is 17.9 Å². The van der Waals surface area contributed by atoms with Crippen LogP contribution in [0.15, 0.2) is 42.5 Å². The second kappa shape index (κ2) is 9.33. The smallest absolute Gasteiger partial charge is 0.313 e. The fourth-order valence-electron chi connectivity index (χ4n) is 2.30. The molecule has 0 aliphatic heterocycles. The number of benzene rings is 2. The van der Waals surface area contributed by atoms with Gasteiger partial charge in [0.15, 0.2) is 11.5 Å². The largest absolute Gasteiger partial charge is 0.493 e. The average Bonchev–Trinajstić information content (AvgIpc) is 2.71. The minimum Gasteiger partial charge on any atom is -0.493 e. The number of methoxy groups -OCH3 is 2. The molecule has 0 saturated heterocycles. The fourth-order valence-corrected chi connectivity index (χ4v) is 2.30. The molecule has 28 heavy (non-hydrogen) atoms. The highest BCUT2D eigenvalue weighted by molar-refractivity contribution is 6.39. The molecule has 10 heteroatoms. The van der Waals surface area contributed by atoms with Crippen LogP contribution in [-0.4, -0.2) is 42.6 Å². The van der Waals surface area contributed by atoms with Crippen molar-refractivity contribution >= 4 is 23.2 Å². The molecule has 148 valence electrons. The van der Waals surface area contributed by atoms with Gasteiger partial charge in [-0.1, -0.05) is 6.07 Å². The number of carbonyl (C=O) groups is 2. The lowest BCUT2D eigenvalue weighted by Crippen LogP contribution is -2.37. The second-order valence-corrected chi connectivity index (χ2v) is 5.60. The molecule has 2 aromatic carbocycles. The number of hydrogen-bond donors (Lipinski definition) is 3. The standard InChI is InChI=1S/C18H19N3O7/c1-27-15-8-3-11(9-16(15)28-2)14(22)10-19-17(23)18(24)20-12-4-6-13(7-5-12)21(25)26/h3-9,14,22H,10H2,1-2H3,(H,19,23)(H,20,24). The van der Waals surface area contributed by atoms with Crippen LogP contribution in [0.25, 0.3) is 0 Å². The zero-order valence-corrected chi connectivity index (χ0v) is 15.2. The average molecular weight is 389 g/mol. The number of amides is 2. The Balaban J connectivity index is 1.91. The first kappa shape index (κ1) is 20.6. The molecule has 0 aromatic heterocycles. The van der Waals surface area contributed by atoms with Crippen LogP contribution in [0.1, 0.15) is 11.7 Å². The predicted octanol–water partition coefficient (Wildman–Crippen LogP) is 1.40. The minimum atomic E-state index is -1.07. The normalized spacial score (nSPS) is 11.2. The van der Waals surface area contributed by atoms with Gasteiger partial charge < -0.3 is 25.2 Å². The molecule has 0 bridgehead atoms. The number of nitro groups is 1. The predicted molar refractivity (Wildman–Crippen MR) is 99.2 cm³/mol. The number of aliphatic hydroxyl groups is 1.